The average Bonchev–Trinajstić information content (AvgIpc) is 3.16. The summed E-state index contributed by atoms with van der Waals surface area (Å²) in [6.07, 6.45) is 42.7. The highest BCUT2D eigenvalue weighted by Crippen LogP contribution is 2.43. The third kappa shape index (κ3) is 40.6. The summed E-state index contributed by atoms with van der Waals surface area (Å²) in [4.78, 5) is 22.6. The summed E-state index contributed by atoms with van der Waals surface area (Å²) < 4.78 is 33.4. The molecule has 0 spiro atoms. The molecule has 0 rings (SSSR count). The Morgan fingerprint density at radius 2 is 1.00 bits per heavy atom. The third-order valence-electron chi connectivity index (χ3n) is 9.64. The normalized spacial score (nSPS) is 14.2. The van der Waals surface area contributed by atoms with Crippen LogP contribution < -0.4 is 0 Å². The van der Waals surface area contributed by atoms with Gasteiger partial charge in [-0.1, -0.05) is 179 Å². The van der Waals surface area contributed by atoms with Crippen molar-refractivity contribution in [1.29, 1.82) is 0 Å². The number of esters is 1. The molecule has 0 heterocycles. The average molecular weight is 789 g/mol. The van der Waals surface area contributed by atoms with E-state index in [-0.39, 0.29) is 25.6 Å². The number of ether oxygens (including phenoxy) is 2. The molecule has 9 nitrogen and oxygen atoms in total. The molecule has 10 heteroatoms. The van der Waals surface area contributed by atoms with Gasteiger partial charge in [0.25, 0.3) is 0 Å². The molecule has 0 saturated carbocycles. The van der Waals surface area contributed by atoms with Gasteiger partial charge in [0.15, 0.2) is 0 Å². The Kier molecular flexibility index (Phi) is 40.8. The van der Waals surface area contributed by atoms with Crippen molar-refractivity contribution >= 4 is 13.8 Å². The van der Waals surface area contributed by atoms with E-state index in [9.17, 15) is 19.4 Å². The number of hydrogen-bond acceptors (Lipinski definition) is 8. The number of aliphatic hydroxyl groups excluding tert-OH is 2. The Hall–Kier alpha value is -1.06. The van der Waals surface area contributed by atoms with E-state index in [0.717, 1.165) is 51.4 Å². The zero-order valence-corrected chi connectivity index (χ0v) is 35.8. The lowest BCUT2D eigenvalue weighted by Gasteiger charge is -2.20. The van der Waals surface area contributed by atoms with Crippen LogP contribution in [-0.2, 0) is 27.9 Å². The van der Waals surface area contributed by atoms with Crippen molar-refractivity contribution in [3.05, 3.63) is 24.3 Å². The Morgan fingerprint density at radius 1 is 0.574 bits per heavy atom. The maximum absolute atomic E-state index is 12.6. The number of phosphoric acid groups is 1. The van der Waals surface area contributed by atoms with Crippen molar-refractivity contribution in [3.63, 3.8) is 0 Å². The monoisotopic (exact) mass is 789 g/mol. The minimum absolute atomic E-state index is 0.0492. The van der Waals surface area contributed by atoms with Crippen LogP contribution in [0.3, 0.4) is 0 Å². The topological polar surface area (TPSA) is 132 Å². The van der Waals surface area contributed by atoms with Crippen molar-refractivity contribution in [2.75, 3.05) is 33.0 Å². The van der Waals surface area contributed by atoms with Crippen LogP contribution in [0.5, 0.6) is 0 Å². The van der Waals surface area contributed by atoms with E-state index in [1.54, 1.807) is 0 Å². The van der Waals surface area contributed by atoms with Crippen LogP contribution in [0, 0.1) is 0 Å². The third-order valence-corrected chi connectivity index (χ3v) is 10.6. The molecule has 0 amide bonds. The van der Waals surface area contributed by atoms with Gasteiger partial charge >= 0.3 is 13.8 Å². The molecule has 0 aliphatic heterocycles. The van der Waals surface area contributed by atoms with Gasteiger partial charge in [-0.05, 0) is 44.9 Å². The van der Waals surface area contributed by atoms with Gasteiger partial charge in [-0.2, -0.15) is 0 Å². The second kappa shape index (κ2) is 41.6. The summed E-state index contributed by atoms with van der Waals surface area (Å²) in [7, 11) is -4.51. The Bertz CT molecular complexity index is 897. The van der Waals surface area contributed by atoms with Crippen LogP contribution in [0.4, 0.5) is 0 Å². The highest BCUT2D eigenvalue weighted by Gasteiger charge is 2.26. The van der Waals surface area contributed by atoms with Gasteiger partial charge in [-0.15, -0.1) is 0 Å². The molecule has 0 saturated heterocycles. The van der Waals surface area contributed by atoms with Crippen LogP contribution in [0.1, 0.15) is 206 Å². The highest BCUT2D eigenvalue weighted by atomic mass is 31.2. The van der Waals surface area contributed by atoms with Crippen molar-refractivity contribution in [2.45, 2.75) is 219 Å². The van der Waals surface area contributed by atoms with E-state index in [4.69, 9.17) is 23.6 Å². The Labute approximate surface area is 332 Å². The number of phosphoric ester groups is 1. The molecular weight excluding hydrogens is 703 g/mol. The standard InChI is InChI=1S/C44H85O9P/c1-3-5-7-9-11-13-15-17-19-20-21-23-25-27-29-31-33-35-37-50-40-43(41-52-54(48,49)51-39-42(46)38-45)53-44(47)36-34-32-30-28-26-24-22-18-16-14-12-10-8-6-4-2/h11,13,17,19,42-43,45-46H,3-10,12,14-16,18,20-41H2,1-2H3,(H,48,49)/b13-11-,19-17-. The first kappa shape index (κ1) is 52.9. The number of unbranched alkanes of at least 4 members (excludes halogenated alkanes) is 25. The number of carbonyl (C=O) groups is 1. The first-order valence-electron chi connectivity index (χ1n) is 22.3. The lowest BCUT2D eigenvalue weighted by Crippen LogP contribution is -2.29. The van der Waals surface area contributed by atoms with Gasteiger partial charge in [0.1, 0.15) is 12.2 Å². The molecule has 3 atom stereocenters. The maximum atomic E-state index is 12.6. The van der Waals surface area contributed by atoms with Gasteiger partial charge in [0, 0.05) is 13.0 Å². The van der Waals surface area contributed by atoms with Crippen molar-refractivity contribution < 1.29 is 43.0 Å². The Morgan fingerprint density at radius 3 is 1.52 bits per heavy atom. The van der Waals surface area contributed by atoms with Crippen molar-refractivity contribution in [2.24, 2.45) is 0 Å². The van der Waals surface area contributed by atoms with E-state index in [0.29, 0.717) is 6.61 Å². The fourth-order valence-electron chi connectivity index (χ4n) is 6.21. The SMILES string of the molecule is CCCCC/C=C\C/C=C\CCCCCCCCCCOCC(COP(=O)(O)OCC(O)CO)OC(=O)CCCCCCCCCCCCCCCCC. The van der Waals surface area contributed by atoms with Crippen molar-refractivity contribution in [3.8, 4) is 0 Å². The summed E-state index contributed by atoms with van der Waals surface area (Å²) in [5, 5.41) is 18.3. The molecule has 0 aromatic carbocycles. The predicted octanol–water partition coefficient (Wildman–Crippen LogP) is 12.3. The van der Waals surface area contributed by atoms with Gasteiger partial charge < -0.3 is 24.6 Å². The van der Waals surface area contributed by atoms with E-state index in [1.165, 1.54) is 135 Å². The van der Waals surface area contributed by atoms with Crippen LogP contribution in [-0.4, -0.2) is 66.3 Å². The molecule has 0 fully saturated rings. The molecule has 0 radical (unpaired) electrons. The summed E-state index contributed by atoms with van der Waals surface area (Å²) in [6.45, 7) is 3.51. The largest absolute Gasteiger partial charge is 0.472 e. The number of rotatable bonds is 43. The first-order valence-corrected chi connectivity index (χ1v) is 23.8. The second-order valence-electron chi connectivity index (χ2n) is 15.1. The minimum Gasteiger partial charge on any atom is -0.457 e. The fraction of sp³-hybridized carbons (Fsp3) is 0.886. The second-order valence-corrected chi connectivity index (χ2v) is 16.5. The van der Waals surface area contributed by atoms with Gasteiger partial charge in [-0.25, -0.2) is 4.57 Å². The minimum atomic E-state index is -4.51. The zero-order chi connectivity index (χ0) is 39.6. The van der Waals surface area contributed by atoms with Crippen LogP contribution in [0.15, 0.2) is 24.3 Å². The van der Waals surface area contributed by atoms with E-state index in [1.807, 2.05) is 0 Å². The molecule has 3 N–H and O–H groups in total. The number of allylic oxidation sites excluding steroid dienone is 4. The van der Waals surface area contributed by atoms with E-state index < -0.39 is 33.2 Å². The number of carbonyl (C=O) groups excluding carboxylic acids is 1. The predicted molar refractivity (Wildman–Crippen MR) is 224 cm³/mol. The number of aliphatic hydroxyl groups is 2. The van der Waals surface area contributed by atoms with E-state index >= 15 is 0 Å². The molecular formula is C44H85O9P. The van der Waals surface area contributed by atoms with Gasteiger partial charge in [-0.3, -0.25) is 13.8 Å². The number of hydrogen-bond donors (Lipinski definition) is 3. The van der Waals surface area contributed by atoms with Crippen LogP contribution in [0.2, 0.25) is 0 Å². The van der Waals surface area contributed by atoms with E-state index in [2.05, 4.69) is 38.2 Å². The zero-order valence-electron chi connectivity index (χ0n) is 35.0. The maximum Gasteiger partial charge on any atom is 0.472 e. The highest BCUT2D eigenvalue weighted by molar-refractivity contribution is 7.47. The molecule has 54 heavy (non-hydrogen) atoms. The van der Waals surface area contributed by atoms with Crippen molar-refractivity contribution in [1.82, 2.24) is 0 Å². The Balaban J connectivity index is 4.14. The molecule has 3 unspecified atom stereocenters. The molecule has 0 aromatic heterocycles. The molecule has 0 bridgehead atoms. The lowest BCUT2D eigenvalue weighted by molar-refractivity contribution is -0.154. The summed E-state index contributed by atoms with van der Waals surface area (Å²) >= 11 is 0. The van der Waals surface area contributed by atoms with Gasteiger partial charge in [0.05, 0.1) is 26.4 Å². The lowest BCUT2D eigenvalue weighted by atomic mass is 10.0. The molecule has 0 aliphatic carbocycles. The first-order chi connectivity index (χ1) is 26.3. The van der Waals surface area contributed by atoms with Crippen LogP contribution >= 0.6 is 7.82 Å². The molecule has 320 valence electrons. The summed E-state index contributed by atoms with van der Waals surface area (Å²) in [5.74, 6) is -0.382. The summed E-state index contributed by atoms with van der Waals surface area (Å²) in [5.41, 5.74) is 0. The molecule has 0 aliphatic rings. The smallest absolute Gasteiger partial charge is 0.457 e. The quantitative estimate of drug-likeness (QED) is 0.0239. The van der Waals surface area contributed by atoms with Gasteiger partial charge in [0.2, 0.25) is 0 Å². The van der Waals surface area contributed by atoms with Crippen LogP contribution in [0.25, 0.3) is 0 Å². The summed E-state index contributed by atoms with van der Waals surface area (Å²) in [6, 6.07) is 0. The fourth-order valence-corrected chi connectivity index (χ4v) is 7.00. The molecule has 0 aromatic rings.